The van der Waals surface area contributed by atoms with Crippen molar-refractivity contribution in [3.8, 4) is 11.5 Å². The summed E-state index contributed by atoms with van der Waals surface area (Å²) in [7, 11) is 0. The fourth-order valence-electron chi connectivity index (χ4n) is 1.86. The predicted octanol–water partition coefficient (Wildman–Crippen LogP) is 3.57. The Labute approximate surface area is 139 Å². The lowest BCUT2D eigenvalue weighted by molar-refractivity contribution is -0.118. The van der Waals surface area contributed by atoms with Crippen molar-refractivity contribution >= 4 is 29.5 Å². The maximum Gasteiger partial charge on any atom is 0.262 e. The van der Waals surface area contributed by atoms with E-state index in [0.717, 1.165) is 6.29 Å². The van der Waals surface area contributed by atoms with Crippen LogP contribution in [0.4, 0.5) is 5.69 Å². The van der Waals surface area contributed by atoms with E-state index in [-0.39, 0.29) is 12.5 Å². The summed E-state index contributed by atoms with van der Waals surface area (Å²) in [6, 6.07) is 11.5. The van der Waals surface area contributed by atoms with Gasteiger partial charge in [0.05, 0.1) is 6.61 Å². The molecular formula is C17H16ClNO4. The number of nitrogens with one attached hydrogen (secondary N) is 1. The van der Waals surface area contributed by atoms with Gasteiger partial charge in [0.15, 0.2) is 18.1 Å². The van der Waals surface area contributed by atoms with Gasteiger partial charge in [0.2, 0.25) is 0 Å². The van der Waals surface area contributed by atoms with Crippen LogP contribution in [-0.4, -0.2) is 25.4 Å². The van der Waals surface area contributed by atoms with Crippen LogP contribution in [0.15, 0.2) is 42.5 Å². The molecule has 2 rings (SSSR count). The van der Waals surface area contributed by atoms with Gasteiger partial charge in [-0.05, 0) is 49.4 Å². The highest BCUT2D eigenvalue weighted by atomic mass is 35.5. The number of amides is 1. The second-order valence-corrected chi connectivity index (χ2v) is 5.04. The Morgan fingerprint density at radius 1 is 1.13 bits per heavy atom. The van der Waals surface area contributed by atoms with Gasteiger partial charge in [0, 0.05) is 16.3 Å². The number of rotatable bonds is 7. The number of hydrogen-bond acceptors (Lipinski definition) is 4. The monoisotopic (exact) mass is 333 g/mol. The molecule has 0 aromatic heterocycles. The molecule has 0 saturated heterocycles. The average Bonchev–Trinajstić information content (AvgIpc) is 2.56. The van der Waals surface area contributed by atoms with E-state index in [9.17, 15) is 9.59 Å². The largest absolute Gasteiger partial charge is 0.490 e. The van der Waals surface area contributed by atoms with E-state index in [2.05, 4.69) is 5.32 Å². The number of hydrogen-bond donors (Lipinski definition) is 1. The van der Waals surface area contributed by atoms with Gasteiger partial charge in [-0.2, -0.15) is 0 Å². The Hall–Kier alpha value is -2.53. The third kappa shape index (κ3) is 5.00. The third-order valence-corrected chi connectivity index (χ3v) is 3.14. The van der Waals surface area contributed by atoms with Crippen molar-refractivity contribution in [1.82, 2.24) is 0 Å². The lowest BCUT2D eigenvalue weighted by atomic mass is 10.2. The molecule has 1 N–H and O–H groups in total. The molecule has 0 fully saturated rings. The molecule has 0 unspecified atom stereocenters. The average molecular weight is 334 g/mol. The van der Waals surface area contributed by atoms with E-state index < -0.39 is 0 Å². The number of halogens is 1. The van der Waals surface area contributed by atoms with Crippen LogP contribution >= 0.6 is 11.6 Å². The summed E-state index contributed by atoms with van der Waals surface area (Å²) >= 11 is 5.79. The highest BCUT2D eigenvalue weighted by Crippen LogP contribution is 2.28. The molecule has 0 aliphatic carbocycles. The first-order valence-corrected chi connectivity index (χ1v) is 7.40. The quantitative estimate of drug-likeness (QED) is 0.787. The maximum absolute atomic E-state index is 11.9. The zero-order chi connectivity index (χ0) is 16.7. The van der Waals surface area contributed by atoms with Crippen molar-refractivity contribution in [2.24, 2.45) is 0 Å². The minimum atomic E-state index is -0.311. The van der Waals surface area contributed by atoms with Crippen LogP contribution in [0.1, 0.15) is 17.3 Å². The van der Waals surface area contributed by atoms with Gasteiger partial charge in [-0.15, -0.1) is 0 Å². The molecule has 5 nitrogen and oxygen atoms in total. The van der Waals surface area contributed by atoms with Gasteiger partial charge >= 0.3 is 0 Å². The number of anilines is 1. The van der Waals surface area contributed by atoms with E-state index >= 15 is 0 Å². The standard InChI is InChI=1S/C17H16ClNO4/c1-2-22-16-9-12(10-20)3-8-15(16)23-11-17(21)19-14-6-4-13(18)5-7-14/h3-10H,2,11H2,1H3,(H,19,21). The Kier molecular flexibility index (Phi) is 6.00. The lowest BCUT2D eigenvalue weighted by Gasteiger charge is -2.12. The molecule has 0 heterocycles. The minimum Gasteiger partial charge on any atom is -0.490 e. The van der Waals surface area contributed by atoms with Crippen LogP contribution in [0, 0.1) is 0 Å². The van der Waals surface area contributed by atoms with Crippen LogP contribution in [0.2, 0.25) is 5.02 Å². The molecule has 0 radical (unpaired) electrons. The maximum atomic E-state index is 11.9. The summed E-state index contributed by atoms with van der Waals surface area (Å²) in [5, 5.41) is 3.29. The van der Waals surface area contributed by atoms with Gasteiger partial charge in [-0.3, -0.25) is 9.59 Å². The second-order valence-electron chi connectivity index (χ2n) is 4.60. The zero-order valence-electron chi connectivity index (χ0n) is 12.5. The summed E-state index contributed by atoms with van der Waals surface area (Å²) in [4.78, 5) is 22.7. The highest BCUT2D eigenvalue weighted by molar-refractivity contribution is 6.30. The first kappa shape index (κ1) is 16.8. The Bertz CT molecular complexity index is 685. The smallest absolute Gasteiger partial charge is 0.262 e. The molecule has 23 heavy (non-hydrogen) atoms. The van der Waals surface area contributed by atoms with E-state index in [4.69, 9.17) is 21.1 Å². The Morgan fingerprint density at radius 2 is 1.87 bits per heavy atom. The molecule has 0 spiro atoms. The SMILES string of the molecule is CCOc1cc(C=O)ccc1OCC(=O)Nc1ccc(Cl)cc1. The number of benzene rings is 2. The van der Waals surface area contributed by atoms with Crippen molar-refractivity contribution in [3.63, 3.8) is 0 Å². The predicted molar refractivity (Wildman–Crippen MR) is 88.6 cm³/mol. The second kappa shape index (κ2) is 8.19. The Balaban J connectivity index is 1.98. The Morgan fingerprint density at radius 3 is 2.52 bits per heavy atom. The van der Waals surface area contributed by atoms with E-state index in [1.54, 1.807) is 42.5 Å². The molecule has 0 aliphatic rings. The molecular weight excluding hydrogens is 318 g/mol. The normalized spacial score (nSPS) is 10.0. The molecule has 6 heteroatoms. The van der Waals surface area contributed by atoms with Crippen LogP contribution in [0.25, 0.3) is 0 Å². The van der Waals surface area contributed by atoms with Crippen LogP contribution < -0.4 is 14.8 Å². The summed E-state index contributed by atoms with van der Waals surface area (Å²) in [5.74, 6) is 0.523. The van der Waals surface area contributed by atoms with Crippen molar-refractivity contribution in [3.05, 3.63) is 53.1 Å². The van der Waals surface area contributed by atoms with Gasteiger partial charge < -0.3 is 14.8 Å². The number of carbonyl (C=O) groups is 2. The molecule has 0 saturated carbocycles. The first-order valence-electron chi connectivity index (χ1n) is 7.02. The topological polar surface area (TPSA) is 64.6 Å². The molecule has 0 bridgehead atoms. The van der Waals surface area contributed by atoms with Crippen molar-refractivity contribution in [1.29, 1.82) is 0 Å². The zero-order valence-corrected chi connectivity index (χ0v) is 13.3. The fourth-order valence-corrected chi connectivity index (χ4v) is 1.99. The van der Waals surface area contributed by atoms with Gasteiger partial charge in [-0.25, -0.2) is 0 Å². The molecule has 0 atom stereocenters. The van der Waals surface area contributed by atoms with E-state index in [1.807, 2.05) is 6.92 Å². The summed E-state index contributed by atoms with van der Waals surface area (Å²) in [6.45, 7) is 2.07. The van der Waals surface area contributed by atoms with Gasteiger partial charge in [-0.1, -0.05) is 11.6 Å². The number of ether oxygens (including phenoxy) is 2. The molecule has 1 amide bonds. The van der Waals surface area contributed by atoms with E-state index in [1.165, 1.54) is 0 Å². The van der Waals surface area contributed by atoms with Crippen molar-refractivity contribution < 1.29 is 19.1 Å². The third-order valence-electron chi connectivity index (χ3n) is 2.89. The summed E-state index contributed by atoms with van der Waals surface area (Å²) < 4.78 is 10.9. The van der Waals surface area contributed by atoms with Gasteiger partial charge in [0.1, 0.15) is 6.29 Å². The number of aldehydes is 1. The molecule has 2 aromatic rings. The summed E-state index contributed by atoms with van der Waals surface area (Å²) in [6.07, 6.45) is 0.722. The lowest BCUT2D eigenvalue weighted by Crippen LogP contribution is -2.20. The van der Waals surface area contributed by atoms with Crippen LogP contribution in [-0.2, 0) is 4.79 Å². The van der Waals surface area contributed by atoms with Gasteiger partial charge in [0.25, 0.3) is 5.91 Å². The number of carbonyl (C=O) groups excluding carboxylic acids is 2. The molecule has 120 valence electrons. The first-order chi connectivity index (χ1) is 11.1. The van der Waals surface area contributed by atoms with Crippen molar-refractivity contribution in [2.45, 2.75) is 6.92 Å². The fraction of sp³-hybridized carbons (Fsp3) is 0.176. The van der Waals surface area contributed by atoms with Crippen molar-refractivity contribution in [2.75, 3.05) is 18.5 Å². The van der Waals surface area contributed by atoms with E-state index in [0.29, 0.717) is 34.4 Å². The summed E-state index contributed by atoms with van der Waals surface area (Å²) in [5.41, 5.74) is 1.11. The minimum absolute atomic E-state index is 0.177. The molecule has 0 aliphatic heterocycles. The van der Waals surface area contributed by atoms with Crippen LogP contribution in [0.5, 0.6) is 11.5 Å². The highest BCUT2D eigenvalue weighted by Gasteiger charge is 2.09. The van der Waals surface area contributed by atoms with Crippen LogP contribution in [0.3, 0.4) is 0 Å². The molecule has 2 aromatic carbocycles.